The van der Waals surface area contributed by atoms with Crippen LogP contribution in [0.5, 0.6) is 0 Å². The lowest BCUT2D eigenvalue weighted by molar-refractivity contribution is 0.0526. The number of thiophene rings is 1. The maximum Gasteiger partial charge on any atom is 0.341 e. The Morgan fingerprint density at radius 2 is 1.96 bits per heavy atom. The van der Waals surface area contributed by atoms with E-state index in [1.165, 1.54) is 11.3 Å². The van der Waals surface area contributed by atoms with Crippen molar-refractivity contribution in [1.82, 2.24) is 0 Å². The summed E-state index contributed by atoms with van der Waals surface area (Å²) in [5, 5.41) is 4.15. The third-order valence-corrected chi connectivity index (χ3v) is 5.95. The Bertz CT molecular complexity index is 842. The molecule has 1 aromatic heterocycles. The van der Waals surface area contributed by atoms with Gasteiger partial charge in [-0.2, -0.15) is 0 Å². The molecule has 0 saturated carbocycles. The number of rotatable bonds is 4. The number of hydrogen-bond donors (Lipinski definition) is 1. The maximum absolute atomic E-state index is 12.7. The predicted molar refractivity (Wildman–Crippen MR) is 106 cm³/mol. The van der Waals surface area contributed by atoms with Crippen molar-refractivity contribution < 1.29 is 14.3 Å². The van der Waals surface area contributed by atoms with Gasteiger partial charge in [0.2, 0.25) is 0 Å². The van der Waals surface area contributed by atoms with E-state index in [2.05, 4.69) is 12.2 Å². The lowest BCUT2D eigenvalue weighted by atomic mass is 9.88. The van der Waals surface area contributed by atoms with Crippen molar-refractivity contribution in [3.63, 3.8) is 0 Å². The average molecular weight is 412 g/mol. The molecule has 4 nitrogen and oxygen atoms in total. The number of nitrogens with one attached hydrogen (secondary N) is 1. The molecule has 1 amide bonds. The van der Waals surface area contributed by atoms with Crippen LogP contribution in [0, 0.1) is 5.92 Å². The number of carbonyl (C=O) groups excluding carboxylic acids is 2. The highest BCUT2D eigenvalue weighted by atomic mass is 35.5. The number of hydrogen-bond acceptors (Lipinski definition) is 4. The van der Waals surface area contributed by atoms with Crippen LogP contribution in [0.4, 0.5) is 5.00 Å². The van der Waals surface area contributed by atoms with Crippen LogP contribution in [0.15, 0.2) is 18.2 Å². The van der Waals surface area contributed by atoms with Gasteiger partial charge in [-0.25, -0.2) is 4.79 Å². The van der Waals surface area contributed by atoms with E-state index in [1.54, 1.807) is 25.1 Å². The Labute approximate surface area is 166 Å². The molecule has 1 aliphatic rings. The number of anilines is 1. The molecule has 3 rings (SSSR count). The van der Waals surface area contributed by atoms with Crippen molar-refractivity contribution in [2.24, 2.45) is 5.92 Å². The molecule has 1 heterocycles. The van der Waals surface area contributed by atoms with Crippen LogP contribution in [-0.4, -0.2) is 18.5 Å². The highest BCUT2D eigenvalue weighted by Gasteiger charge is 2.29. The van der Waals surface area contributed by atoms with Gasteiger partial charge in [-0.3, -0.25) is 4.79 Å². The van der Waals surface area contributed by atoms with Gasteiger partial charge in [0.05, 0.1) is 12.2 Å². The second-order valence-corrected chi connectivity index (χ2v) is 8.37. The monoisotopic (exact) mass is 411 g/mol. The SMILES string of the molecule is CCOC(=O)c1c(NC(=O)c2cc(Cl)cc(Cl)c2)sc2c1CCC(C)C2. The van der Waals surface area contributed by atoms with E-state index in [-0.39, 0.29) is 18.5 Å². The Kier molecular flexibility index (Phi) is 5.90. The van der Waals surface area contributed by atoms with Crippen LogP contribution in [0.25, 0.3) is 0 Å². The Morgan fingerprint density at radius 1 is 1.27 bits per heavy atom. The van der Waals surface area contributed by atoms with Crippen LogP contribution in [0.3, 0.4) is 0 Å². The molecule has 1 aromatic carbocycles. The molecule has 0 fully saturated rings. The zero-order chi connectivity index (χ0) is 18.8. The molecular formula is C19H19Cl2NO3S. The summed E-state index contributed by atoms with van der Waals surface area (Å²) in [7, 11) is 0. The van der Waals surface area contributed by atoms with Gasteiger partial charge in [-0.05, 0) is 55.9 Å². The number of esters is 1. The van der Waals surface area contributed by atoms with Gasteiger partial charge in [0, 0.05) is 20.5 Å². The molecular weight excluding hydrogens is 393 g/mol. The van der Waals surface area contributed by atoms with Crippen LogP contribution in [-0.2, 0) is 17.6 Å². The number of fused-ring (bicyclic) bond motifs is 1. The summed E-state index contributed by atoms with van der Waals surface area (Å²) in [5.41, 5.74) is 1.84. The molecule has 26 heavy (non-hydrogen) atoms. The molecule has 1 unspecified atom stereocenters. The number of benzene rings is 1. The summed E-state index contributed by atoms with van der Waals surface area (Å²) in [6, 6.07) is 4.65. The van der Waals surface area contributed by atoms with E-state index in [9.17, 15) is 9.59 Å². The first kappa shape index (κ1) is 19.2. The zero-order valence-electron chi connectivity index (χ0n) is 14.5. The number of halogens is 2. The average Bonchev–Trinajstić information content (AvgIpc) is 2.90. The lowest BCUT2D eigenvalue weighted by Gasteiger charge is -2.18. The highest BCUT2D eigenvalue weighted by molar-refractivity contribution is 7.17. The fourth-order valence-corrected chi connectivity index (χ4v) is 5.04. The fraction of sp³-hybridized carbons (Fsp3) is 0.368. The Morgan fingerprint density at radius 3 is 2.62 bits per heavy atom. The lowest BCUT2D eigenvalue weighted by Crippen LogP contribution is -2.16. The minimum Gasteiger partial charge on any atom is -0.462 e. The summed E-state index contributed by atoms with van der Waals surface area (Å²) < 4.78 is 5.22. The molecule has 0 spiro atoms. The Hall–Kier alpha value is -1.56. The van der Waals surface area contributed by atoms with Gasteiger partial charge in [0.15, 0.2) is 0 Å². The van der Waals surface area contributed by atoms with Gasteiger partial charge in [-0.15, -0.1) is 11.3 Å². The van der Waals surface area contributed by atoms with Crippen molar-refractivity contribution in [1.29, 1.82) is 0 Å². The van der Waals surface area contributed by atoms with E-state index in [1.807, 2.05) is 0 Å². The third-order valence-electron chi connectivity index (χ3n) is 4.34. The minimum atomic E-state index is -0.390. The standard InChI is InChI=1S/C19H19Cl2NO3S/c1-3-25-19(24)16-14-5-4-10(2)6-15(14)26-18(16)22-17(23)11-7-12(20)9-13(21)8-11/h7-10H,3-6H2,1-2H3,(H,22,23). The molecule has 0 radical (unpaired) electrons. The van der Waals surface area contributed by atoms with Crippen molar-refractivity contribution in [2.75, 3.05) is 11.9 Å². The fourth-order valence-electron chi connectivity index (χ4n) is 3.12. The first-order valence-corrected chi connectivity index (χ1v) is 10.0. The molecule has 1 N–H and O–H groups in total. The first-order valence-electron chi connectivity index (χ1n) is 8.48. The molecule has 0 bridgehead atoms. The van der Waals surface area contributed by atoms with Crippen molar-refractivity contribution >= 4 is 51.4 Å². The predicted octanol–water partition coefficient (Wildman–Crippen LogP) is 5.61. The number of ether oxygens (including phenoxy) is 1. The van der Waals surface area contributed by atoms with E-state index in [4.69, 9.17) is 27.9 Å². The normalized spacial score (nSPS) is 16.1. The van der Waals surface area contributed by atoms with Gasteiger partial charge in [0.25, 0.3) is 5.91 Å². The summed E-state index contributed by atoms with van der Waals surface area (Å²) in [6.45, 7) is 4.25. The Balaban J connectivity index is 1.96. The first-order chi connectivity index (χ1) is 12.4. The highest BCUT2D eigenvalue weighted by Crippen LogP contribution is 2.40. The molecule has 1 aliphatic carbocycles. The van der Waals surface area contributed by atoms with Gasteiger partial charge in [0.1, 0.15) is 5.00 Å². The second kappa shape index (κ2) is 7.99. The van der Waals surface area contributed by atoms with Crippen molar-refractivity contribution in [3.8, 4) is 0 Å². The number of amides is 1. The van der Waals surface area contributed by atoms with E-state index < -0.39 is 0 Å². The molecule has 7 heteroatoms. The molecule has 1 atom stereocenters. The third kappa shape index (κ3) is 4.05. The summed E-state index contributed by atoms with van der Waals surface area (Å²) >= 11 is 13.4. The van der Waals surface area contributed by atoms with Crippen LogP contribution in [0.1, 0.15) is 51.4 Å². The second-order valence-electron chi connectivity index (χ2n) is 6.39. The van der Waals surface area contributed by atoms with Crippen LogP contribution < -0.4 is 5.32 Å². The summed E-state index contributed by atoms with van der Waals surface area (Å²) in [6.07, 6.45) is 2.75. The van der Waals surface area contributed by atoms with Crippen LogP contribution in [0.2, 0.25) is 10.0 Å². The summed E-state index contributed by atoms with van der Waals surface area (Å²) in [4.78, 5) is 26.3. The van der Waals surface area contributed by atoms with E-state index in [0.717, 1.165) is 29.7 Å². The smallest absolute Gasteiger partial charge is 0.341 e. The maximum atomic E-state index is 12.7. The van der Waals surface area contributed by atoms with Crippen molar-refractivity contribution in [3.05, 3.63) is 49.8 Å². The van der Waals surface area contributed by atoms with E-state index in [0.29, 0.717) is 32.1 Å². The molecule has 2 aromatic rings. The summed E-state index contributed by atoms with van der Waals surface area (Å²) in [5.74, 6) is -0.183. The quantitative estimate of drug-likeness (QED) is 0.665. The van der Waals surface area contributed by atoms with Gasteiger partial charge in [-0.1, -0.05) is 30.1 Å². The largest absolute Gasteiger partial charge is 0.462 e. The van der Waals surface area contributed by atoms with Gasteiger partial charge < -0.3 is 10.1 Å². The van der Waals surface area contributed by atoms with E-state index >= 15 is 0 Å². The van der Waals surface area contributed by atoms with Crippen molar-refractivity contribution in [2.45, 2.75) is 33.1 Å². The van der Waals surface area contributed by atoms with Gasteiger partial charge >= 0.3 is 5.97 Å². The topological polar surface area (TPSA) is 55.4 Å². The molecule has 138 valence electrons. The number of carbonyl (C=O) groups is 2. The molecule has 0 aliphatic heterocycles. The zero-order valence-corrected chi connectivity index (χ0v) is 16.9. The minimum absolute atomic E-state index is 0.289. The molecule has 0 saturated heterocycles. The van der Waals surface area contributed by atoms with Crippen LogP contribution >= 0.6 is 34.5 Å².